The monoisotopic (exact) mass is 298 g/mol. The summed E-state index contributed by atoms with van der Waals surface area (Å²) in [5, 5.41) is 21.7. The molecule has 0 bridgehead atoms. The Bertz CT molecular complexity index is 527. The number of aliphatic carboxylic acids is 1. The van der Waals surface area contributed by atoms with Gasteiger partial charge in [0.05, 0.1) is 10.7 Å². The summed E-state index contributed by atoms with van der Waals surface area (Å²) in [7, 11) is 0. The van der Waals surface area contributed by atoms with Crippen LogP contribution in [-0.2, 0) is 9.59 Å². The van der Waals surface area contributed by atoms with Crippen LogP contribution < -0.4 is 5.32 Å². The summed E-state index contributed by atoms with van der Waals surface area (Å²) in [5.41, 5.74) is -1.35. The van der Waals surface area contributed by atoms with Gasteiger partial charge >= 0.3 is 5.97 Å². The molecule has 0 aromatic heterocycles. The molecule has 0 atom stereocenters. The van der Waals surface area contributed by atoms with Crippen molar-refractivity contribution in [3.8, 4) is 0 Å². The first-order chi connectivity index (χ1) is 9.22. The summed E-state index contributed by atoms with van der Waals surface area (Å²) in [6.07, 6.45) is 0. The van der Waals surface area contributed by atoms with Crippen LogP contribution in [0.5, 0.6) is 0 Å². The minimum absolute atomic E-state index is 0.0224. The van der Waals surface area contributed by atoms with E-state index in [1.54, 1.807) is 12.1 Å². The largest absolute Gasteiger partial charge is 0.480 e. The summed E-state index contributed by atoms with van der Waals surface area (Å²) >= 11 is 1.17. The fraction of sp³-hybridized carbons (Fsp3) is 0.333. The molecule has 0 aliphatic heterocycles. The van der Waals surface area contributed by atoms with E-state index in [0.717, 1.165) is 0 Å². The van der Waals surface area contributed by atoms with Crippen molar-refractivity contribution in [2.75, 3.05) is 5.75 Å². The summed E-state index contributed by atoms with van der Waals surface area (Å²) in [5.74, 6) is -1.50. The van der Waals surface area contributed by atoms with Crippen molar-refractivity contribution in [1.82, 2.24) is 5.32 Å². The highest BCUT2D eigenvalue weighted by atomic mass is 32.2. The molecule has 7 nitrogen and oxygen atoms in total. The zero-order valence-electron chi connectivity index (χ0n) is 11.0. The summed E-state index contributed by atoms with van der Waals surface area (Å²) in [6.45, 7) is 2.79. The summed E-state index contributed by atoms with van der Waals surface area (Å²) in [6, 6.07) is 5.78. The number of hydrogen-bond acceptors (Lipinski definition) is 5. The number of non-ortho nitro benzene ring substituents is 1. The predicted octanol–water partition coefficient (Wildman–Crippen LogP) is 1.67. The van der Waals surface area contributed by atoms with E-state index in [0.29, 0.717) is 4.90 Å². The summed E-state index contributed by atoms with van der Waals surface area (Å²) in [4.78, 5) is 33.1. The Hall–Kier alpha value is -2.09. The maximum absolute atomic E-state index is 11.6. The van der Waals surface area contributed by atoms with Gasteiger partial charge in [0.25, 0.3) is 5.69 Å². The van der Waals surface area contributed by atoms with Gasteiger partial charge in [-0.25, -0.2) is 4.79 Å². The van der Waals surface area contributed by atoms with Gasteiger partial charge in [-0.2, -0.15) is 0 Å². The van der Waals surface area contributed by atoms with Crippen LogP contribution >= 0.6 is 11.8 Å². The molecule has 1 aromatic rings. The quantitative estimate of drug-likeness (QED) is 0.469. The first kappa shape index (κ1) is 16.0. The summed E-state index contributed by atoms with van der Waals surface area (Å²) < 4.78 is 0. The molecule has 20 heavy (non-hydrogen) atoms. The SMILES string of the molecule is CC(C)(NC(=O)CSc1ccc([N+](=O)[O-])cc1)C(=O)O. The van der Waals surface area contributed by atoms with E-state index in [1.807, 2.05) is 0 Å². The number of nitrogens with zero attached hydrogens (tertiary/aromatic N) is 1. The van der Waals surface area contributed by atoms with Crippen molar-refractivity contribution in [3.05, 3.63) is 34.4 Å². The number of carboxylic acid groups (broad SMARTS) is 1. The number of nitro groups is 1. The van der Waals surface area contributed by atoms with E-state index in [2.05, 4.69) is 5.32 Å². The van der Waals surface area contributed by atoms with Crippen LogP contribution in [0, 0.1) is 10.1 Å². The minimum Gasteiger partial charge on any atom is -0.480 e. The number of benzene rings is 1. The zero-order chi connectivity index (χ0) is 15.3. The van der Waals surface area contributed by atoms with Gasteiger partial charge in [0.15, 0.2) is 0 Å². The van der Waals surface area contributed by atoms with Crippen LogP contribution in [-0.4, -0.2) is 33.2 Å². The lowest BCUT2D eigenvalue weighted by Gasteiger charge is -2.20. The van der Waals surface area contributed by atoms with E-state index in [1.165, 1.54) is 37.7 Å². The van der Waals surface area contributed by atoms with Crippen LogP contribution in [0.4, 0.5) is 5.69 Å². The molecular formula is C12H14N2O5S. The highest BCUT2D eigenvalue weighted by Crippen LogP contribution is 2.21. The minimum atomic E-state index is -1.33. The van der Waals surface area contributed by atoms with Crippen molar-refractivity contribution in [3.63, 3.8) is 0 Å². The Labute approximate surface area is 119 Å². The van der Waals surface area contributed by atoms with Crippen molar-refractivity contribution in [2.24, 2.45) is 0 Å². The van der Waals surface area contributed by atoms with E-state index >= 15 is 0 Å². The maximum Gasteiger partial charge on any atom is 0.328 e. The predicted molar refractivity (Wildman–Crippen MR) is 73.7 cm³/mol. The normalized spacial score (nSPS) is 10.9. The fourth-order valence-corrected chi connectivity index (χ4v) is 1.95. The molecule has 0 saturated carbocycles. The topological polar surface area (TPSA) is 110 Å². The Kier molecular flexibility index (Phi) is 5.09. The number of thioether (sulfide) groups is 1. The Morgan fingerprint density at radius 1 is 1.35 bits per heavy atom. The van der Waals surface area contributed by atoms with E-state index in [9.17, 15) is 19.7 Å². The van der Waals surface area contributed by atoms with Crippen molar-refractivity contribution in [1.29, 1.82) is 0 Å². The number of rotatable bonds is 6. The zero-order valence-corrected chi connectivity index (χ0v) is 11.8. The van der Waals surface area contributed by atoms with Gasteiger partial charge in [-0.15, -0.1) is 11.8 Å². The number of nitrogens with one attached hydrogen (secondary N) is 1. The van der Waals surface area contributed by atoms with Crippen LogP contribution in [0.1, 0.15) is 13.8 Å². The van der Waals surface area contributed by atoms with Crippen LogP contribution in [0.15, 0.2) is 29.2 Å². The molecule has 0 saturated heterocycles. The second-order valence-corrected chi connectivity index (χ2v) is 5.57. The second kappa shape index (κ2) is 6.38. The van der Waals surface area contributed by atoms with Crippen molar-refractivity contribution < 1.29 is 19.6 Å². The lowest BCUT2D eigenvalue weighted by atomic mass is 10.1. The van der Waals surface area contributed by atoms with Gasteiger partial charge in [0, 0.05) is 17.0 Å². The van der Waals surface area contributed by atoms with Gasteiger partial charge < -0.3 is 10.4 Å². The molecule has 108 valence electrons. The van der Waals surface area contributed by atoms with Crippen molar-refractivity contribution >= 4 is 29.3 Å². The van der Waals surface area contributed by atoms with Gasteiger partial charge in [-0.3, -0.25) is 14.9 Å². The second-order valence-electron chi connectivity index (χ2n) is 4.52. The molecule has 0 aliphatic rings. The van der Waals surface area contributed by atoms with Crippen molar-refractivity contribution in [2.45, 2.75) is 24.3 Å². The molecule has 0 spiro atoms. The first-order valence-electron chi connectivity index (χ1n) is 5.64. The lowest BCUT2D eigenvalue weighted by molar-refractivity contribution is -0.384. The number of hydrogen-bond donors (Lipinski definition) is 2. The fourth-order valence-electron chi connectivity index (χ4n) is 1.25. The molecule has 0 aliphatic carbocycles. The van der Waals surface area contributed by atoms with E-state index < -0.39 is 22.3 Å². The van der Waals surface area contributed by atoms with Gasteiger partial charge in [-0.1, -0.05) is 0 Å². The molecule has 1 rings (SSSR count). The Morgan fingerprint density at radius 3 is 2.35 bits per heavy atom. The molecule has 0 unspecified atom stereocenters. The van der Waals surface area contributed by atoms with Gasteiger partial charge in [0.2, 0.25) is 5.91 Å². The molecule has 0 fully saturated rings. The van der Waals surface area contributed by atoms with Gasteiger partial charge in [-0.05, 0) is 26.0 Å². The molecular weight excluding hydrogens is 284 g/mol. The number of carboxylic acids is 1. The molecule has 0 heterocycles. The average Bonchev–Trinajstić information content (AvgIpc) is 2.36. The number of carbonyl (C=O) groups excluding carboxylic acids is 1. The van der Waals surface area contributed by atoms with Crippen LogP contribution in [0.3, 0.4) is 0 Å². The Morgan fingerprint density at radius 2 is 1.90 bits per heavy atom. The Balaban J connectivity index is 2.53. The molecule has 0 radical (unpaired) electrons. The lowest BCUT2D eigenvalue weighted by Crippen LogP contribution is -2.50. The standard InChI is InChI=1S/C12H14N2O5S/c1-12(2,11(16)17)13-10(15)7-20-9-5-3-8(4-6-9)14(18)19/h3-6H,7H2,1-2H3,(H,13,15)(H,16,17). The number of amides is 1. The number of nitro benzene ring substituents is 1. The first-order valence-corrected chi connectivity index (χ1v) is 6.62. The van der Waals surface area contributed by atoms with Crippen LogP contribution in [0.25, 0.3) is 0 Å². The third-order valence-electron chi connectivity index (χ3n) is 2.40. The molecule has 2 N–H and O–H groups in total. The van der Waals surface area contributed by atoms with Gasteiger partial charge in [0.1, 0.15) is 5.54 Å². The van der Waals surface area contributed by atoms with Crippen LogP contribution in [0.2, 0.25) is 0 Å². The van der Waals surface area contributed by atoms with E-state index in [4.69, 9.17) is 5.11 Å². The molecule has 1 aromatic carbocycles. The number of carbonyl (C=O) groups is 2. The maximum atomic E-state index is 11.6. The highest BCUT2D eigenvalue weighted by molar-refractivity contribution is 8.00. The molecule has 8 heteroatoms. The third kappa shape index (κ3) is 4.54. The molecule has 1 amide bonds. The third-order valence-corrected chi connectivity index (χ3v) is 3.42. The highest BCUT2D eigenvalue weighted by Gasteiger charge is 2.28. The smallest absolute Gasteiger partial charge is 0.328 e. The van der Waals surface area contributed by atoms with E-state index in [-0.39, 0.29) is 11.4 Å². The average molecular weight is 298 g/mol.